The smallest absolute Gasteiger partial charge is 0.143 e. The number of aromatic nitrogens is 4. The van der Waals surface area contributed by atoms with Crippen LogP contribution in [0.4, 0.5) is 5.69 Å². The number of tetrazole rings is 1. The molecule has 1 heterocycles. The molecule has 0 bridgehead atoms. The summed E-state index contributed by atoms with van der Waals surface area (Å²) >= 11 is 6.28. The van der Waals surface area contributed by atoms with Crippen LogP contribution >= 0.6 is 11.6 Å². The second-order valence-corrected chi connectivity index (χ2v) is 5.68. The normalized spacial score (nSPS) is 22.2. The molecule has 0 radical (unpaired) electrons. The van der Waals surface area contributed by atoms with E-state index in [1.807, 2.05) is 18.2 Å². The van der Waals surface area contributed by atoms with Gasteiger partial charge in [0.15, 0.2) is 0 Å². The van der Waals surface area contributed by atoms with E-state index in [-0.39, 0.29) is 0 Å². The standard InChI is InChI=1S/C14H18ClN5O/c1-21-12-5-2-10(3-6-12)17-14-8-11(4-7-13(14)15)20-9-16-18-19-20/h4,7-10,12,17H,2-3,5-6H2,1H3. The highest BCUT2D eigenvalue weighted by Crippen LogP contribution is 2.29. The lowest BCUT2D eigenvalue weighted by molar-refractivity contribution is 0.0682. The van der Waals surface area contributed by atoms with Gasteiger partial charge in [-0.05, 0) is 54.3 Å². The summed E-state index contributed by atoms with van der Waals surface area (Å²) in [6.45, 7) is 0. The van der Waals surface area contributed by atoms with Crippen molar-refractivity contribution in [3.8, 4) is 5.69 Å². The van der Waals surface area contributed by atoms with E-state index in [4.69, 9.17) is 16.3 Å². The predicted octanol–water partition coefficient (Wildman–Crippen LogP) is 2.69. The zero-order valence-electron chi connectivity index (χ0n) is 11.9. The first-order valence-electron chi connectivity index (χ1n) is 7.08. The third-order valence-electron chi connectivity index (χ3n) is 3.93. The molecule has 1 fully saturated rings. The van der Waals surface area contributed by atoms with Crippen LogP contribution in [-0.2, 0) is 4.74 Å². The van der Waals surface area contributed by atoms with Crippen LogP contribution in [0.2, 0.25) is 5.02 Å². The van der Waals surface area contributed by atoms with E-state index in [1.165, 1.54) is 0 Å². The van der Waals surface area contributed by atoms with E-state index in [2.05, 4.69) is 20.8 Å². The van der Waals surface area contributed by atoms with Crippen LogP contribution in [0.1, 0.15) is 25.7 Å². The van der Waals surface area contributed by atoms with Crippen molar-refractivity contribution in [2.24, 2.45) is 0 Å². The third-order valence-corrected chi connectivity index (χ3v) is 4.26. The molecule has 2 aromatic rings. The lowest BCUT2D eigenvalue weighted by Crippen LogP contribution is -2.29. The Labute approximate surface area is 128 Å². The number of ether oxygens (including phenoxy) is 1. The van der Waals surface area contributed by atoms with Gasteiger partial charge in [-0.3, -0.25) is 0 Å². The molecular weight excluding hydrogens is 290 g/mol. The van der Waals surface area contributed by atoms with Gasteiger partial charge in [0, 0.05) is 13.2 Å². The number of nitrogens with one attached hydrogen (secondary N) is 1. The Hall–Kier alpha value is -1.66. The Bertz CT molecular complexity index is 581. The molecule has 1 N–H and O–H groups in total. The maximum Gasteiger partial charge on any atom is 0.143 e. The fourth-order valence-corrected chi connectivity index (χ4v) is 2.88. The summed E-state index contributed by atoms with van der Waals surface area (Å²) in [5.74, 6) is 0. The van der Waals surface area contributed by atoms with Crippen molar-refractivity contribution < 1.29 is 4.74 Å². The molecule has 1 aromatic heterocycles. The monoisotopic (exact) mass is 307 g/mol. The number of hydrogen-bond acceptors (Lipinski definition) is 5. The summed E-state index contributed by atoms with van der Waals surface area (Å²) < 4.78 is 7.02. The first kappa shape index (κ1) is 14.3. The van der Waals surface area contributed by atoms with Gasteiger partial charge >= 0.3 is 0 Å². The minimum absolute atomic E-state index is 0.395. The van der Waals surface area contributed by atoms with Crippen molar-refractivity contribution in [2.75, 3.05) is 12.4 Å². The van der Waals surface area contributed by atoms with Crippen molar-refractivity contribution in [1.29, 1.82) is 0 Å². The molecule has 6 nitrogen and oxygen atoms in total. The van der Waals surface area contributed by atoms with Crippen molar-refractivity contribution >= 4 is 17.3 Å². The van der Waals surface area contributed by atoms with E-state index in [0.717, 1.165) is 37.1 Å². The predicted molar refractivity (Wildman–Crippen MR) is 80.8 cm³/mol. The number of hydrogen-bond donors (Lipinski definition) is 1. The van der Waals surface area contributed by atoms with Gasteiger partial charge in [0.2, 0.25) is 0 Å². The van der Waals surface area contributed by atoms with Gasteiger partial charge < -0.3 is 10.1 Å². The Balaban J connectivity index is 1.72. The van der Waals surface area contributed by atoms with Crippen molar-refractivity contribution in [3.63, 3.8) is 0 Å². The second-order valence-electron chi connectivity index (χ2n) is 5.27. The maximum atomic E-state index is 6.28. The zero-order chi connectivity index (χ0) is 14.7. The van der Waals surface area contributed by atoms with Crippen LogP contribution in [0.15, 0.2) is 24.5 Å². The summed E-state index contributed by atoms with van der Waals surface area (Å²) in [5, 5.41) is 15.4. The fraction of sp³-hybridized carbons (Fsp3) is 0.500. The average molecular weight is 308 g/mol. The molecular formula is C14H18ClN5O. The van der Waals surface area contributed by atoms with Crippen LogP contribution in [0.3, 0.4) is 0 Å². The van der Waals surface area contributed by atoms with Gasteiger partial charge in [-0.1, -0.05) is 11.6 Å². The molecule has 0 spiro atoms. The molecule has 0 amide bonds. The number of nitrogens with zero attached hydrogens (tertiary/aromatic N) is 4. The molecule has 112 valence electrons. The van der Waals surface area contributed by atoms with Crippen LogP contribution < -0.4 is 5.32 Å². The summed E-state index contributed by atoms with van der Waals surface area (Å²) in [7, 11) is 1.78. The van der Waals surface area contributed by atoms with Gasteiger partial charge in [-0.15, -0.1) is 5.10 Å². The van der Waals surface area contributed by atoms with Crippen molar-refractivity contribution in [1.82, 2.24) is 20.2 Å². The molecule has 0 atom stereocenters. The van der Waals surface area contributed by atoms with E-state index < -0.39 is 0 Å². The Morgan fingerprint density at radius 2 is 2.10 bits per heavy atom. The van der Waals surface area contributed by atoms with Crippen LogP contribution in [-0.4, -0.2) is 39.5 Å². The SMILES string of the molecule is COC1CCC(Nc2cc(-n3cnnn3)ccc2Cl)CC1. The number of halogens is 1. The van der Waals surface area contributed by atoms with Gasteiger partial charge in [0.05, 0.1) is 22.5 Å². The number of rotatable bonds is 4. The highest BCUT2D eigenvalue weighted by Gasteiger charge is 2.21. The molecule has 21 heavy (non-hydrogen) atoms. The summed E-state index contributed by atoms with van der Waals surface area (Å²) in [6, 6.07) is 6.16. The lowest BCUT2D eigenvalue weighted by Gasteiger charge is -2.29. The highest BCUT2D eigenvalue weighted by atomic mass is 35.5. The molecule has 0 unspecified atom stereocenters. The minimum Gasteiger partial charge on any atom is -0.381 e. The molecule has 3 rings (SSSR count). The summed E-state index contributed by atoms with van der Waals surface area (Å²) in [6.07, 6.45) is 6.30. The molecule has 0 aliphatic heterocycles. The molecule has 1 saturated carbocycles. The summed E-state index contributed by atoms with van der Waals surface area (Å²) in [4.78, 5) is 0. The zero-order valence-corrected chi connectivity index (χ0v) is 12.6. The fourth-order valence-electron chi connectivity index (χ4n) is 2.71. The van der Waals surface area contributed by atoms with Crippen molar-refractivity contribution in [2.45, 2.75) is 37.8 Å². The summed E-state index contributed by atoms with van der Waals surface area (Å²) in [5.41, 5.74) is 1.81. The first-order valence-corrected chi connectivity index (χ1v) is 7.46. The maximum absolute atomic E-state index is 6.28. The first-order chi connectivity index (χ1) is 10.3. The number of anilines is 1. The average Bonchev–Trinajstić information content (AvgIpc) is 3.04. The second kappa shape index (κ2) is 6.41. The van der Waals surface area contributed by atoms with E-state index in [0.29, 0.717) is 17.2 Å². The number of benzene rings is 1. The molecule has 1 aromatic carbocycles. The lowest BCUT2D eigenvalue weighted by atomic mass is 9.93. The van der Waals surface area contributed by atoms with Gasteiger partial charge in [-0.25, -0.2) is 4.68 Å². The van der Waals surface area contributed by atoms with Crippen LogP contribution in [0, 0.1) is 0 Å². The Kier molecular flexibility index (Phi) is 4.36. The van der Waals surface area contributed by atoms with Gasteiger partial charge in [0.1, 0.15) is 6.33 Å². The van der Waals surface area contributed by atoms with Gasteiger partial charge in [-0.2, -0.15) is 0 Å². The van der Waals surface area contributed by atoms with Gasteiger partial charge in [0.25, 0.3) is 0 Å². The van der Waals surface area contributed by atoms with E-state index in [9.17, 15) is 0 Å². The quantitative estimate of drug-likeness (QED) is 0.941. The highest BCUT2D eigenvalue weighted by molar-refractivity contribution is 6.33. The molecule has 0 saturated heterocycles. The third kappa shape index (κ3) is 3.33. The molecule has 7 heteroatoms. The van der Waals surface area contributed by atoms with E-state index >= 15 is 0 Å². The van der Waals surface area contributed by atoms with Crippen molar-refractivity contribution in [3.05, 3.63) is 29.5 Å². The minimum atomic E-state index is 0.395. The Morgan fingerprint density at radius 1 is 1.29 bits per heavy atom. The molecule has 1 aliphatic rings. The largest absolute Gasteiger partial charge is 0.381 e. The number of methoxy groups -OCH3 is 1. The topological polar surface area (TPSA) is 64.9 Å². The Morgan fingerprint density at radius 3 is 2.76 bits per heavy atom. The van der Waals surface area contributed by atoms with Crippen LogP contribution in [0.25, 0.3) is 5.69 Å². The molecule has 1 aliphatic carbocycles. The van der Waals surface area contributed by atoms with E-state index in [1.54, 1.807) is 18.1 Å². The van der Waals surface area contributed by atoms with Crippen LogP contribution in [0.5, 0.6) is 0 Å².